The van der Waals surface area contributed by atoms with Gasteiger partial charge in [0.2, 0.25) is 0 Å². The standard InChI is InChI=1S/C20H31IO3/c1-2-3-4-7-16(22)9-10-19-17-11-14-6-5-8-20(23)18(14)12-15(17)13-21(19)24/h5-6,8,15-17,19,22-24H,2-4,7,9-13H2,1H3/t15?,16-,17?,19+/m0/s1. The molecule has 0 spiro atoms. The van der Waals surface area contributed by atoms with Crippen molar-refractivity contribution in [1.82, 2.24) is 0 Å². The fraction of sp³-hybridized carbons (Fsp3) is 0.700. The average molecular weight is 446 g/mol. The normalized spacial score (nSPS) is 28.5. The summed E-state index contributed by atoms with van der Waals surface area (Å²) in [6, 6.07) is 5.86. The topological polar surface area (TPSA) is 60.7 Å². The summed E-state index contributed by atoms with van der Waals surface area (Å²) in [6.07, 6.45) is 7.98. The first-order chi connectivity index (χ1) is 11.6. The van der Waals surface area contributed by atoms with Crippen molar-refractivity contribution in [2.75, 3.05) is 4.43 Å². The molecule has 3 rings (SSSR count). The monoisotopic (exact) mass is 446 g/mol. The van der Waals surface area contributed by atoms with Crippen LogP contribution in [0.5, 0.6) is 5.75 Å². The molecule has 1 aromatic carbocycles. The van der Waals surface area contributed by atoms with Crippen molar-refractivity contribution in [2.24, 2.45) is 11.8 Å². The van der Waals surface area contributed by atoms with Crippen LogP contribution >= 0.6 is 20.2 Å². The van der Waals surface area contributed by atoms with Crippen LogP contribution in [0.2, 0.25) is 0 Å². The van der Waals surface area contributed by atoms with Gasteiger partial charge in [-0.2, -0.15) is 0 Å². The molecule has 24 heavy (non-hydrogen) atoms. The van der Waals surface area contributed by atoms with Crippen molar-refractivity contribution < 1.29 is 13.6 Å². The van der Waals surface area contributed by atoms with Crippen LogP contribution in [0.25, 0.3) is 0 Å². The molecule has 4 atom stereocenters. The summed E-state index contributed by atoms with van der Waals surface area (Å²) in [5.74, 6) is 1.54. The molecule has 136 valence electrons. The molecule has 0 aromatic heterocycles. The molecule has 0 saturated carbocycles. The van der Waals surface area contributed by atoms with Crippen molar-refractivity contribution in [1.29, 1.82) is 0 Å². The summed E-state index contributed by atoms with van der Waals surface area (Å²) in [4.78, 5) is 0. The minimum atomic E-state index is -1.89. The molecule has 0 bridgehead atoms. The van der Waals surface area contributed by atoms with Gasteiger partial charge in [-0.15, -0.1) is 0 Å². The van der Waals surface area contributed by atoms with Crippen LogP contribution in [-0.2, 0) is 12.8 Å². The third kappa shape index (κ3) is 4.07. The molecule has 1 heterocycles. The number of aliphatic hydroxyl groups is 1. The number of halogens is 1. The maximum atomic E-state index is 10.7. The number of aromatic hydroxyl groups is 1. The Kier molecular flexibility index (Phi) is 6.44. The van der Waals surface area contributed by atoms with Crippen LogP contribution in [-0.4, -0.2) is 28.1 Å². The molecule has 2 unspecified atom stereocenters. The predicted molar refractivity (Wildman–Crippen MR) is 107 cm³/mol. The number of fused-ring (bicyclic) bond motifs is 2. The van der Waals surface area contributed by atoms with Crippen LogP contribution < -0.4 is 0 Å². The van der Waals surface area contributed by atoms with Gasteiger partial charge in [0.05, 0.1) is 0 Å². The first-order valence-corrected chi connectivity index (χ1v) is 13.1. The van der Waals surface area contributed by atoms with E-state index in [2.05, 4.69) is 13.0 Å². The molecule has 4 heteroatoms. The van der Waals surface area contributed by atoms with Crippen LogP contribution in [0.4, 0.5) is 0 Å². The van der Waals surface area contributed by atoms with Crippen molar-refractivity contribution in [3.8, 4) is 5.75 Å². The van der Waals surface area contributed by atoms with E-state index in [-0.39, 0.29) is 6.10 Å². The Balaban J connectivity index is 1.59. The van der Waals surface area contributed by atoms with E-state index in [4.69, 9.17) is 0 Å². The molecule has 1 fully saturated rings. The molecule has 1 aliphatic heterocycles. The molecular formula is C20H31IO3. The second kappa shape index (κ2) is 8.37. The zero-order chi connectivity index (χ0) is 17.1. The van der Waals surface area contributed by atoms with Gasteiger partial charge >= 0.3 is 154 Å². The number of phenolic OH excluding ortho intramolecular Hbond substituents is 1. The van der Waals surface area contributed by atoms with Gasteiger partial charge in [-0.25, -0.2) is 0 Å². The third-order valence-electron chi connectivity index (χ3n) is 5.84. The zero-order valence-corrected chi connectivity index (χ0v) is 16.8. The summed E-state index contributed by atoms with van der Waals surface area (Å²) in [6.45, 7) is 2.19. The van der Waals surface area contributed by atoms with Crippen molar-refractivity contribution in [3.63, 3.8) is 0 Å². The molecular weight excluding hydrogens is 415 g/mol. The van der Waals surface area contributed by atoms with Gasteiger partial charge in [0.1, 0.15) is 0 Å². The Hall–Kier alpha value is -0.330. The second-order valence-electron chi connectivity index (χ2n) is 7.52. The molecule has 1 aliphatic carbocycles. The maximum absolute atomic E-state index is 10.7. The number of hydrogen-bond acceptors (Lipinski definition) is 3. The van der Waals surface area contributed by atoms with Gasteiger partial charge in [-0.05, 0) is 0 Å². The van der Waals surface area contributed by atoms with E-state index in [0.717, 1.165) is 48.5 Å². The van der Waals surface area contributed by atoms with Gasteiger partial charge in [0.15, 0.2) is 0 Å². The minimum absolute atomic E-state index is 0.195. The fourth-order valence-electron chi connectivity index (χ4n) is 4.44. The SMILES string of the molecule is CCCCC[C@H](O)CC[C@@H]1C2Cc3cccc(O)c3CC2CI1O. The van der Waals surface area contributed by atoms with Crippen LogP contribution in [0.3, 0.4) is 0 Å². The fourth-order valence-corrected chi connectivity index (χ4v) is 10.2. The van der Waals surface area contributed by atoms with E-state index in [1.54, 1.807) is 6.07 Å². The van der Waals surface area contributed by atoms with Gasteiger partial charge < -0.3 is 0 Å². The van der Waals surface area contributed by atoms with Gasteiger partial charge in [-0.3, -0.25) is 0 Å². The van der Waals surface area contributed by atoms with Gasteiger partial charge in [-0.1, -0.05) is 0 Å². The van der Waals surface area contributed by atoms with Gasteiger partial charge in [0, 0.05) is 0 Å². The number of rotatable bonds is 7. The van der Waals surface area contributed by atoms with Crippen LogP contribution in [0.15, 0.2) is 18.2 Å². The number of aliphatic hydroxyl groups excluding tert-OH is 1. The molecule has 3 nitrogen and oxygen atoms in total. The van der Waals surface area contributed by atoms with E-state index in [0.29, 0.717) is 21.5 Å². The van der Waals surface area contributed by atoms with E-state index in [1.165, 1.54) is 18.4 Å². The molecule has 1 saturated heterocycles. The van der Waals surface area contributed by atoms with Crippen LogP contribution in [0, 0.1) is 11.8 Å². The zero-order valence-electron chi connectivity index (χ0n) is 14.6. The summed E-state index contributed by atoms with van der Waals surface area (Å²) < 4.78 is 12.2. The second-order valence-corrected chi connectivity index (χ2v) is 12.1. The van der Waals surface area contributed by atoms with E-state index >= 15 is 0 Å². The Labute approximate surface area is 153 Å². The summed E-state index contributed by atoms with van der Waals surface area (Å²) >= 11 is -1.89. The number of unbranched alkanes of at least 4 members (excludes halogenated alkanes) is 2. The van der Waals surface area contributed by atoms with E-state index < -0.39 is 20.2 Å². The summed E-state index contributed by atoms with van der Waals surface area (Å²) in [5, 5.41) is 20.3. The molecule has 1 aromatic rings. The molecule has 0 radical (unpaired) electrons. The number of hydrogen-bond donors (Lipinski definition) is 3. The van der Waals surface area contributed by atoms with Gasteiger partial charge in [0.25, 0.3) is 0 Å². The Bertz CT molecular complexity index is 548. The molecule has 2 aliphatic rings. The number of benzene rings is 1. The van der Waals surface area contributed by atoms with Crippen LogP contribution in [0.1, 0.15) is 56.6 Å². The van der Waals surface area contributed by atoms with Crippen molar-refractivity contribution >= 4 is 20.2 Å². The van der Waals surface area contributed by atoms with E-state index in [1.807, 2.05) is 6.07 Å². The quantitative estimate of drug-likeness (QED) is 0.334. The Morgan fingerprint density at radius 1 is 1.21 bits per heavy atom. The summed E-state index contributed by atoms with van der Waals surface area (Å²) in [5.41, 5.74) is 2.39. The Morgan fingerprint density at radius 2 is 2.04 bits per heavy atom. The number of phenols is 1. The molecule has 0 amide bonds. The van der Waals surface area contributed by atoms with Crippen molar-refractivity contribution in [2.45, 2.75) is 68.3 Å². The average Bonchev–Trinajstić information content (AvgIpc) is 2.86. The predicted octanol–water partition coefficient (Wildman–Crippen LogP) is 4.24. The van der Waals surface area contributed by atoms with Crippen molar-refractivity contribution in [3.05, 3.63) is 29.3 Å². The third-order valence-corrected chi connectivity index (χ3v) is 11.3. The first-order valence-electron chi connectivity index (χ1n) is 9.41. The number of alkyl halides is 2. The molecule has 3 N–H and O–H groups in total. The Morgan fingerprint density at radius 3 is 2.83 bits per heavy atom. The first kappa shape index (κ1) is 18.5. The summed E-state index contributed by atoms with van der Waals surface area (Å²) in [7, 11) is 0. The van der Waals surface area contributed by atoms with E-state index in [9.17, 15) is 13.6 Å².